The fraction of sp³-hybridized carbons (Fsp3) is 0.333. The van der Waals surface area contributed by atoms with Gasteiger partial charge in [0.1, 0.15) is 17.3 Å². The van der Waals surface area contributed by atoms with Crippen LogP contribution in [0.4, 0.5) is 0 Å². The van der Waals surface area contributed by atoms with Crippen LogP contribution in [0.2, 0.25) is 0 Å². The van der Waals surface area contributed by atoms with Gasteiger partial charge in [0.2, 0.25) is 21.7 Å². The lowest BCUT2D eigenvalue weighted by Crippen LogP contribution is -2.39. The smallest absolute Gasteiger partial charge is 0.233 e. The molecule has 0 bridgehead atoms. The number of sulfonamides is 1. The molecule has 0 spiro atoms. The lowest BCUT2D eigenvalue weighted by Gasteiger charge is -2.27. The van der Waals surface area contributed by atoms with Gasteiger partial charge in [-0.05, 0) is 61.1 Å². The number of primary sulfonamides is 1. The van der Waals surface area contributed by atoms with Gasteiger partial charge in [-0.15, -0.1) is 0 Å². The zero-order valence-corrected chi connectivity index (χ0v) is 21.0. The highest BCUT2D eigenvalue weighted by molar-refractivity contribution is 7.89. The summed E-state index contributed by atoms with van der Waals surface area (Å²) in [5, 5.41) is 4.98. The molecule has 190 valence electrons. The molecule has 1 aliphatic carbocycles. The van der Waals surface area contributed by atoms with Gasteiger partial charge >= 0.3 is 0 Å². The van der Waals surface area contributed by atoms with Crippen LogP contribution in [0.15, 0.2) is 71.1 Å². The Morgan fingerprint density at radius 3 is 2.33 bits per heavy atom. The van der Waals surface area contributed by atoms with E-state index in [9.17, 15) is 18.0 Å². The number of carbonyl (C=O) groups is 2. The number of aryl methyl sites for hydroxylation is 1. The molecule has 1 saturated carbocycles. The molecule has 1 fully saturated rings. The van der Waals surface area contributed by atoms with Gasteiger partial charge in [-0.25, -0.2) is 13.6 Å². The third-order valence-corrected chi connectivity index (χ3v) is 7.11. The van der Waals surface area contributed by atoms with E-state index in [0.29, 0.717) is 12.3 Å². The highest BCUT2D eigenvalue weighted by Gasteiger charge is 2.53. The number of furan rings is 1. The van der Waals surface area contributed by atoms with Crippen LogP contribution < -0.4 is 9.88 Å². The van der Waals surface area contributed by atoms with Crippen LogP contribution in [0.1, 0.15) is 46.7 Å². The van der Waals surface area contributed by atoms with E-state index in [1.165, 1.54) is 11.6 Å². The summed E-state index contributed by atoms with van der Waals surface area (Å²) in [6.07, 6.45) is 3.08. The number of amides is 1. The van der Waals surface area contributed by atoms with Gasteiger partial charge in [0.25, 0.3) is 0 Å². The molecule has 4 rings (SSSR count). The van der Waals surface area contributed by atoms with Crippen molar-refractivity contribution in [2.45, 2.75) is 37.6 Å². The van der Waals surface area contributed by atoms with Gasteiger partial charge in [0.15, 0.2) is 5.76 Å². The molecule has 1 aliphatic rings. The van der Waals surface area contributed by atoms with E-state index in [4.69, 9.17) is 14.3 Å². The standard InChI is InChI=1S/C27H30N2O6S/c1-34-22-11-9-21(10-12-22)27(15-16-27)26(31)29(17-5-8-20-6-3-2-4-7-20)18-23-13-14-25(35-23)24(30)19-36(28,32)33/h2-4,6-7,9-14H,5,8,15-19H2,1H3,(H2,28,32,33). The number of rotatable bonds is 12. The molecule has 36 heavy (non-hydrogen) atoms. The molecule has 9 heteroatoms. The Bertz CT molecular complexity index is 1310. The highest BCUT2D eigenvalue weighted by atomic mass is 32.2. The van der Waals surface area contributed by atoms with Crippen LogP contribution in [0.25, 0.3) is 0 Å². The SMILES string of the molecule is COc1ccc(C2(C(=O)N(CCCc3ccccc3)Cc3ccc(C(=O)CS(N)(=O)=O)o3)CC2)cc1. The average molecular weight is 511 g/mol. The molecule has 0 saturated heterocycles. The number of ketones is 1. The van der Waals surface area contributed by atoms with Crippen LogP contribution in [0.3, 0.4) is 0 Å². The summed E-state index contributed by atoms with van der Waals surface area (Å²) in [5.41, 5.74) is 1.55. The molecule has 3 aromatic rings. The molecule has 1 heterocycles. The summed E-state index contributed by atoms with van der Waals surface area (Å²) in [4.78, 5) is 27.8. The zero-order chi connectivity index (χ0) is 25.8. The van der Waals surface area contributed by atoms with Crippen molar-refractivity contribution in [2.75, 3.05) is 19.4 Å². The lowest BCUT2D eigenvalue weighted by molar-refractivity contribution is -0.135. The van der Waals surface area contributed by atoms with Gasteiger partial charge in [-0.2, -0.15) is 0 Å². The van der Waals surface area contributed by atoms with Gasteiger partial charge in [0, 0.05) is 6.54 Å². The minimum Gasteiger partial charge on any atom is -0.497 e. The third kappa shape index (κ3) is 6.22. The summed E-state index contributed by atoms with van der Waals surface area (Å²) < 4.78 is 33.4. The van der Waals surface area contributed by atoms with Crippen molar-refractivity contribution in [3.8, 4) is 5.75 Å². The van der Waals surface area contributed by atoms with Gasteiger partial charge in [-0.3, -0.25) is 9.59 Å². The summed E-state index contributed by atoms with van der Waals surface area (Å²) >= 11 is 0. The highest BCUT2D eigenvalue weighted by Crippen LogP contribution is 2.50. The van der Waals surface area contributed by atoms with Crippen molar-refractivity contribution >= 4 is 21.7 Å². The van der Waals surface area contributed by atoms with Crippen molar-refractivity contribution in [1.29, 1.82) is 0 Å². The minimum atomic E-state index is -3.97. The number of methoxy groups -OCH3 is 1. The van der Waals surface area contributed by atoms with E-state index < -0.39 is 27.0 Å². The van der Waals surface area contributed by atoms with Gasteiger partial charge < -0.3 is 14.1 Å². The summed E-state index contributed by atoms with van der Waals surface area (Å²) in [7, 11) is -2.36. The topological polar surface area (TPSA) is 120 Å². The Morgan fingerprint density at radius 2 is 1.72 bits per heavy atom. The number of nitrogens with zero attached hydrogens (tertiary/aromatic N) is 1. The number of benzene rings is 2. The van der Waals surface area contributed by atoms with Crippen molar-refractivity contribution in [1.82, 2.24) is 4.90 Å². The first kappa shape index (κ1) is 25.7. The lowest BCUT2D eigenvalue weighted by atomic mass is 9.94. The predicted molar refractivity (Wildman–Crippen MR) is 135 cm³/mol. The quantitative estimate of drug-likeness (QED) is 0.373. The number of ether oxygens (including phenoxy) is 1. The second kappa shape index (κ2) is 10.7. The molecular weight excluding hydrogens is 480 g/mol. The number of hydrogen-bond donors (Lipinski definition) is 1. The van der Waals surface area contributed by atoms with Crippen LogP contribution in [-0.2, 0) is 33.2 Å². The van der Waals surface area contributed by atoms with Crippen LogP contribution in [0, 0.1) is 0 Å². The molecular formula is C27H30N2O6S. The average Bonchev–Trinajstić information content (AvgIpc) is 3.54. The summed E-state index contributed by atoms with van der Waals surface area (Å²) in [6, 6.07) is 20.7. The van der Waals surface area contributed by atoms with Gasteiger partial charge in [-0.1, -0.05) is 42.5 Å². The Morgan fingerprint density at radius 1 is 1.03 bits per heavy atom. The normalized spacial score (nSPS) is 14.3. The Hall–Kier alpha value is -3.43. The first-order valence-corrected chi connectivity index (χ1v) is 13.5. The summed E-state index contributed by atoms with van der Waals surface area (Å²) in [6.45, 7) is 0.682. The molecule has 1 aromatic heterocycles. The molecule has 1 amide bonds. The second-order valence-electron chi connectivity index (χ2n) is 9.12. The van der Waals surface area contributed by atoms with E-state index >= 15 is 0 Å². The van der Waals surface area contributed by atoms with Crippen molar-refractivity contribution in [2.24, 2.45) is 5.14 Å². The number of hydrogen-bond acceptors (Lipinski definition) is 6. The maximum Gasteiger partial charge on any atom is 0.233 e. The molecule has 0 radical (unpaired) electrons. The van der Waals surface area contributed by atoms with Crippen LogP contribution >= 0.6 is 0 Å². The molecule has 8 nitrogen and oxygen atoms in total. The van der Waals surface area contributed by atoms with Crippen molar-refractivity contribution < 1.29 is 27.2 Å². The molecule has 0 unspecified atom stereocenters. The molecule has 2 aromatic carbocycles. The monoisotopic (exact) mass is 510 g/mol. The zero-order valence-electron chi connectivity index (χ0n) is 20.2. The largest absolute Gasteiger partial charge is 0.497 e. The molecule has 2 N–H and O–H groups in total. The Labute approximate surface area is 211 Å². The first-order valence-electron chi connectivity index (χ1n) is 11.8. The number of carbonyl (C=O) groups excluding carboxylic acids is 2. The van der Waals surface area contributed by atoms with Crippen molar-refractivity contribution in [3.63, 3.8) is 0 Å². The third-order valence-electron chi connectivity index (χ3n) is 6.44. The van der Waals surface area contributed by atoms with E-state index in [1.807, 2.05) is 42.5 Å². The van der Waals surface area contributed by atoms with E-state index in [1.54, 1.807) is 18.1 Å². The van der Waals surface area contributed by atoms with Gasteiger partial charge in [0.05, 0.1) is 19.1 Å². The molecule has 0 aliphatic heterocycles. The van der Waals surface area contributed by atoms with E-state index in [-0.39, 0.29) is 18.2 Å². The minimum absolute atomic E-state index is 0.00883. The maximum absolute atomic E-state index is 13.8. The van der Waals surface area contributed by atoms with E-state index in [0.717, 1.165) is 37.0 Å². The molecule has 0 atom stereocenters. The number of nitrogens with two attached hydrogens (primary N) is 1. The fourth-order valence-electron chi connectivity index (χ4n) is 4.39. The summed E-state index contributed by atoms with van der Waals surface area (Å²) in [5.74, 6) is -0.496. The van der Waals surface area contributed by atoms with E-state index in [2.05, 4.69) is 12.1 Å². The predicted octanol–water partition coefficient (Wildman–Crippen LogP) is 3.45. The Kier molecular flexibility index (Phi) is 7.61. The Balaban J connectivity index is 1.52. The van der Waals surface area contributed by atoms with Crippen LogP contribution in [0.5, 0.6) is 5.75 Å². The maximum atomic E-state index is 13.8. The van der Waals surface area contributed by atoms with Crippen LogP contribution in [-0.4, -0.2) is 44.4 Å². The second-order valence-corrected chi connectivity index (χ2v) is 10.7. The fourth-order valence-corrected chi connectivity index (χ4v) is 4.90. The number of Topliss-reactive ketones (excluding diaryl/α,β-unsaturated/α-hetero) is 1. The first-order chi connectivity index (χ1) is 17.2. The van der Waals surface area contributed by atoms with Crippen molar-refractivity contribution in [3.05, 3.63) is 89.4 Å².